The molecule has 0 aromatic carbocycles. The molecule has 100 valence electrons. The van der Waals surface area contributed by atoms with Gasteiger partial charge in [0, 0.05) is 6.20 Å². The van der Waals surface area contributed by atoms with E-state index in [1.165, 1.54) is 18.3 Å². The summed E-state index contributed by atoms with van der Waals surface area (Å²) in [6, 6.07) is 2.15. The molecule has 19 heavy (non-hydrogen) atoms. The first-order chi connectivity index (χ1) is 9.04. The minimum absolute atomic E-state index is 0.0801. The van der Waals surface area contributed by atoms with Crippen molar-refractivity contribution in [2.24, 2.45) is 0 Å². The fourth-order valence-electron chi connectivity index (χ4n) is 2.03. The van der Waals surface area contributed by atoms with Crippen LogP contribution in [0.4, 0.5) is 0 Å². The van der Waals surface area contributed by atoms with Crippen molar-refractivity contribution in [3.8, 4) is 0 Å². The molecule has 0 radical (unpaired) electrons. The lowest BCUT2D eigenvalue weighted by atomic mass is 10.1. The van der Waals surface area contributed by atoms with E-state index in [1.807, 2.05) is 0 Å². The van der Waals surface area contributed by atoms with E-state index in [0.29, 0.717) is 6.42 Å². The van der Waals surface area contributed by atoms with E-state index in [-0.39, 0.29) is 12.1 Å². The van der Waals surface area contributed by atoms with Crippen LogP contribution in [0, 0.1) is 0 Å². The van der Waals surface area contributed by atoms with Gasteiger partial charge in [-0.15, -0.1) is 0 Å². The molecule has 7 nitrogen and oxygen atoms in total. The standard InChI is InChI=1S/C12H13N3O4/c1-2-8-11(18)14-9(16)6-15(8)12(19)7-4-3-5-13-10(7)17/h3-5,8H,2,6H2,1H3,(H,13,17)(H,14,16,18). The predicted molar refractivity (Wildman–Crippen MR) is 65.3 cm³/mol. The summed E-state index contributed by atoms with van der Waals surface area (Å²) in [6.45, 7) is 1.51. The van der Waals surface area contributed by atoms with Gasteiger partial charge in [-0.25, -0.2) is 0 Å². The molecule has 0 bridgehead atoms. The summed E-state index contributed by atoms with van der Waals surface area (Å²) >= 11 is 0. The normalized spacial score (nSPS) is 19.2. The van der Waals surface area contributed by atoms with E-state index >= 15 is 0 Å². The Kier molecular flexibility index (Phi) is 3.46. The molecule has 2 heterocycles. The van der Waals surface area contributed by atoms with Crippen molar-refractivity contribution < 1.29 is 14.4 Å². The van der Waals surface area contributed by atoms with Crippen molar-refractivity contribution in [1.29, 1.82) is 0 Å². The highest BCUT2D eigenvalue weighted by atomic mass is 16.2. The number of aromatic nitrogens is 1. The molecule has 1 atom stereocenters. The smallest absolute Gasteiger partial charge is 0.260 e. The van der Waals surface area contributed by atoms with E-state index in [2.05, 4.69) is 10.3 Å². The largest absolute Gasteiger partial charge is 0.328 e. The minimum atomic E-state index is -0.732. The Balaban J connectivity index is 2.36. The summed E-state index contributed by atoms with van der Waals surface area (Å²) in [5.74, 6) is -1.67. The molecule has 1 aliphatic heterocycles. The Morgan fingerprint density at radius 1 is 1.42 bits per heavy atom. The summed E-state index contributed by atoms with van der Waals surface area (Å²) < 4.78 is 0. The number of carbonyl (C=O) groups is 3. The fourth-order valence-corrected chi connectivity index (χ4v) is 2.03. The Hall–Kier alpha value is -2.44. The van der Waals surface area contributed by atoms with Gasteiger partial charge in [0.15, 0.2) is 0 Å². The monoisotopic (exact) mass is 263 g/mol. The van der Waals surface area contributed by atoms with Crippen molar-refractivity contribution in [3.63, 3.8) is 0 Å². The number of hydrogen-bond acceptors (Lipinski definition) is 4. The molecule has 0 spiro atoms. The van der Waals surface area contributed by atoms with E-state index in [9.17, 15) is 19.2 Å². The Morgan fingerprint density at radius 3 is 2.79 bits per heavy atom. The Bertz CT molecular complexity index is 593. The van der Waals surface area contributed by atoms with Gasteiger partial charge in [-0.1, -0.05) is 6.92 Å². The van der Waals surface area contributed by atoms with E-state index in [0.717, 1.165) is 4.90 Å². The molecule has 0 aliphatic carbocycles. The number of rotatable bonds is 2. The molecule has 2 rings (SSSR count). The van der Waals surface area contributed by atoms with Crippen LogP contribution in [0.1, 0.15) is 23.7 Å². The highest BCUT2D eigenvalue weighted by Gasteiger charge is 2.36. The zero-order chi connectivity index (χ0) is 14.0. The third-order valence-corrected chi connectivity index (χ3v) is 2.95. The highest BCUT2D eigenvalue weighted by molar-refractivity contribution is 6.07. The number of piperazine rings is 1. The number of nitrogens with one attached hydrogen (secondary N) is 2. The number of carbonyl (C=O) groups excluding carboxylic acids is 3. The average molecular weight is 263 g/mol. The molecular weight excluding hydrogens is 250 g/mol. The minimum Gasteiger partial charge on any atom is -0.328 e. The maximum absolute atomic E-state index is 12.3. The summed E-state index contributed by atoms with van der Waals surface area (Å²) in [5, 5.41) is 2.17. The maximum Gasteiger partial charge on any atom is 0.260 e. The second-order valence-electron chi connectivity index (χ2n) is 4.18. The van der Waals surface area contributed by atoms with E-state index in [1.54, 1.807) is 6.92 Å². The van der Waals surface area contributed by atoms with Crippen molar-refractivity contribution in [2.75, 3.05) is 6.54 Å². The van der Waals surface area contributed by atoms with Gasteiger partial charge in [0.25, 0.3) is 11.5 Å². The maximum atomic E-state index is 12.3. The van der Waals surface area contributed by atoms with Crippen LogP contribution in [0.3, 0.4) is 0 Å². The number of aromatic amines is 1. The lowest BCUT2D eigenvalue weighted by Gasteiger charge is -2.33. The number of hydrogen-bond donors (Lipinski definition) is 2. The van der Waals surface area contributed by atoms with Gasteiger partial charge < -0.3 is 9.88 Å². The molecule has 1 aliphatic rings. The lowest BCUT2D eigenvalue weighted by molar-refractivity contribution is -0.138. The van der Waals surface area contributed by atoms with Gasteiger partial charge in [-0.05, 0) is 18.6 Å². The van der Waals surface area contributed by atoms with Gasteiger partial charge in [0.1, 0.15) is 18.2 Å². The summed E-state index contributed by atoms with van der Waals surface area (Å²) in [4.78, 5) is 50.4. The molecule has 1 saturated heterocycles. The summed E-state index contributed by atoms with van der Waals surface area (Å²) in [7, 11) is 0. The lowest BCUT2D eigenvalue weighted by Crippen LogP contribution is -2.60. The third-order valence-electron chi connectivity index (χ3n) is 2.95. The highest BCUT2D eigenvalue weighted by Crippen LogP contribution is 2.12. The predicted octanol–water partition coefficient (Wildman–Crippen LogP) is -0.748. The van der Waals surface area contributed by atoms with Crippen LogP contribution in [0.25, 0.3) is 0 Å². The van der Waals surface area contributed by atoms with Crippen molar-refractivity contribution in [3.05, 3.63) is 34.2 Å². The van der Waals surface area contributed by atoms with Crippen molar-refractivity contribution in [1.82, 2.24) is 15.2 Å². The summed E-state index contributed by atoms with van der Waals surface area (Å²) in [5.41, 5.74) is -0.621. The van der Waals surface area contributed by atoms with Gasteiger partial charge >= 0.3 is 0 Å². The quantitative estimate of drug-likeness (QED) is 0.686. The van der Waals surface area contributed by atoms with Crippen LogP contribution in [-0.2, 0) is 9.59 Å². The van der Waals surface area contributed by atoms with E-state index in [4.69, 9.17) is 0 Å². The van der Waals surface area contributed by atoms with Crippen LogP contribution >= 0.6 is 0 Å². The number of nitrogens with zero attached hydrogens (tertiary/aromatic N) is 1. The van der Waals surface area contributed by atoms with Crippen LogP contribution in [0.5, 0.6) is 0 Å². The second-order valence-corrected chi connectivity index (χ2v) is 4.18. The van der Waals surface area contributed by atoms with Crippen LogP contribution < -0.4 is 10.9 Å². The third kappa shape index (κ3) is 2.40. The number of imide groups is 1. The topological polar surface area (TPSA) is 99.3 Å². The first kappa shape index (κ1) is 13.0. The molecule has 1 aromatic rings. The zero-order valence-electron chi connectivity index (χ0n) is 10.3. The molecule has 7 heteroatoms. The molecule has 2 N–H and O–H groups in total. The number of H-pyrrole nitrogens is 1. The molecular formula is C12H13N3O4. The van der Waals surface area contributed by atoms with Crippen molar-refractivity contribution >= 4 is 17.7 Å². The first-order valence-electron chi connectivity index (χ1n) is 5.87. The molecule has 1 fully saturated rings. The van der Waals surface area contributed by atoms with Gasteiger partial charge in [-0.2, -0.15) is 0 Å². The van der Waals surface area contributed by atoms with E-state index < -0.39 is 29.3 Å². The number of pyridine rings is 1. The van der Waals surface area contributed by atoms with Crippen LogP contribution in [0.2, 0.25) is 0 Å². The molecule has 0 saturated carbocycles. The average Bonchev–Trinajstić information content (AvgIpc) is 2.37. The SMILES string of the molecule is CCC1C(=O)NC(=O)CN1C(=O)c1ccc[nH]c1=O. The molecule has 1 aromatic heterocycles. The van der Waals surface area contributed by atoms with Gasteiger partial charge in [-0.3, -0.25) is 24.5 Å². The number of amides is 3. The molecule has 1 unspecified atom stereocenters. The van der Waals surface area contributed by atoms with Gasteiger partial charge in [0.05, 0.1) is 0 Å². The second kappa shape index (κ2) is 5.05. The zero-order valence-corrected chi connectivity index (χ0v) is 10.3. The summed E-state index contributed by atoms with van der Waals surface area (Å²) in [6.07, 6.45) is 1.78. The van der Waals surface area contributed by atoms with Crippen LogP contribution in [0.15, 0.2) is 23.1 Å². The fraction of sp³-hybridized carbons (Fsp3) is 0.333. The van der Waals surface area contributed by atoms with Crippen LogP contribution in [-0.4, -0.2) is 40.2 Å². The first-order valence-corrected chi connectivity index (χ1v) is 5.87. The Labute approximate surface area is 108 Å². The van der Waals surface area contributed by atoms with Crippen molar-refractivity contribution in [2.45, 2.75) is 19.4 Å². The Morgan fingerprint density at radius 2 is 2.16 bits per heavy atom. The molecule has 3 amide bonds. The van der Waals surface area contributed by atoms with Gasteiger partial charge in [0.2, 0.25) is 11.8 Å².